The summed E-state index contributed by atoms with van der Waals surface area (Å²) in [5.41, 5.74) is 5.08. The summed E-state index contributed by atoms with van der Waals surface area (Å²) < 4.78 is 0.914. The molecule has 2 aromatic rings. The third-order valence-corrected chi connectivity index (χ3v) is 4.13. The van der Waals surface area contributed by atoms with Crippen molar-refractivity contribution in [2.45, 2.75) is 13.8 Å². The Morgan fingerprint density at radius 3 is 2.72 bits per heavy atom. The minimum absolute atomic E-state index is 0.499. The summed E-state index contributed by atoms with van der Waals surface area (Å²) in [7, 11) is 1.90. The van der Waals surface area contributed by atoms with Crippen LogP contribution in [0.15, 0.2) is 29.6 Å². The third-order valence-electron chi connectivity index (χ3n) is 2.76. The van der Waals surface area contributed by atoms with Gasteiger partial charge in [0, 0.05) is 29.3 Å². The van der Waals surface area contributed by atoms with E-state index in [0.29, 0.717) is 5.15 Å². The molecule has 0 bridgehead atoms. The van der Waals surface area contributed by atoms with Crippen LogP contribution in [0.5, 0.6) is 0 Å². The number of thiophene rings is 1. The molecule has 18 heavy (non-hydrogen) atoms. The van der Waals surface area contributed by atoms with Gasteiger partial charge >= 0.3 is 0 Å². The highest BCUT2D eigenvalue weighted by atomic mass is 35.5. The third kappa shape index (κ3) is 2.13. The van der Waals surface area contributed by atoms with Crippen molar-refractivity contribution in [1.29, 1.82) is 0 Å². The molecule has 0 saturated heterocycles. The largest absolute Gasteiger partial charge is 0.391 e. The summed E-state index contributed by atoms with van der Waals surface area (Å²) in [5, 5.41) is 5.71. The monoisotopic (exact) mass is 279 g/mol. The molecule has 94 valence electrons. The lowest BCUT2D eigenvalue weighted by molar-refractivity contribution is 0.993. The van der Waals surface area contributed by atoms with Gasteiger partial charge in [-0.05, 0) is 19.4 Å². The highest BCUT2D eigenvalue weighted by Crippen LogP contribution is 2.36. The number of fused-ring (bicyclic) bond motifs is 1. The van der Waals surface area contributed by atoms with E-state index in [4.69, 9.17) is 11.6 Å². The molecule has 2 aromatic heterocycles. The molecule has 0 unspecified atom stereocenters. The molecule has 0 aliphatic rings. The number of halogens is 1. The van der Waals surface area contributed by atoms with Crippen LogP contribution in [0.1, 0.15) is 19.4 Å². The van der Waals surface area contributed by atoms with Crippen LogP contribution in [0.4, 0.5) is 0 Å². The Kier molecular flexibility index (Phi) is 3.68. The molecule has 5 heteroatoms. The molecule has 0 spiro atoms. The fraction of sp³-hybridized carbons (Fsp3) is 0.231. The number of nitrogens with one attached hydrogen (secondary N) is 1. The molecule has 2 rings (SSSR count). The Balaban J connectivity index is 2.75. The molecule has 0 aromatic carbocycles. The van der Waals surface area contributed by atoms with Crippen molar-refractivity contribution in [2.24, 2.45) is 0 Å². The van der Waals surface area contributed by atoms with Gasteiger partial charge in [-0.1, -0.05) is 18.2 Å². The molecule has 0 amide bonds. The highest BCUT2D eigenvalue weighted by Gasteiger charge is 2.15. The standard InChI is InChI=1S/C13H14ClN3S/c1-7(2)10(8(3)15-4)9-5-18-12-11(9)16-6-17-13(12)14/h5-6,15H,1H2,2-4H3/b10-8+. The van der Waals surface area contributed by atoms with E-state index in [0.717, 1.165) is 32.6 Å². The number of nitrogens with zero attached hydrogens (tertiary/aromatic N) is 2. The molecule has 0 saturated carbocycles. The van der Waals surface area contributed by atoms with Gasteiger partial charge in [0.25, 0.3) is 0 Å². The van der Waals surface area contributed by atoms with Gasteiger partial charge in [-0.15, -0.1) is 11.3 Å². The summed E-state index contributed by atoms with van der Waals surface area (Å²) in [6, 6.07) is 0. The van der Waals surface area contributed by atoms with Crippen molar-refractivity contribution in [3.63, 3.8) is 0 Å². The molecule has 0 aliphatic heterocycles. The minimum Gasteiger partial charge on any atom is -0.391 e. The average molecular weight is 280 g/mol. The lowest BCUT2D eigenvalue weighted by Crippen LogP contribution is -2.06. The number of rotatable bonds is 3. The van der Waals surface area contributed by atoms with E-state index in [9.17, 15) is 0 Å². The molecular formula is C13H14ClN3S. The second kappa shape index (κ2) is 5.08. The number of hydrogen-bond donors (Lipinski definition) is 1. The van der Waals surface area contributed by atoms with Gasteiger partial charge in [0.05, 0.1) is 10.2 Å². The zero-order chi connectivity index (χ0) is 13.3. The van der Waals surface area contributed by atoms with Crippen molar-refractivity contribution in [3.05, 3.63) is 40.3 Å². The summed E-state index contributed by atoms with van der Waals surface area (Å²) in [4.78, 5) is 8.33. The van der Waals surface area contributed by atoms with E-state index in [-0.39, 0.29) is 0 Å². The summed E-state index contributed by atoms with van der Waals surface area (Å²) >= 11 is 7.63. The van der Waals surface area contributed by atoms with E-state index < -0.39 is 0 Å². The Morgan fingerprint density at radius 2 is 2.11 bits per heavy atom. The normalized spacial score (nSPS) is 12.4. The lowest BCUT2D eigenvalue weighted by Gasteiger charge is -2.11. The van der Waals surface area contributed by atoms with Crippen LogP contribution < -0.4 is 5.32 Å². The number of allylic oxidation sites excluding steroid dienone is 3. The van der Waals surface area contributed by atoms with Crippen molar-refractivity contribution >= 4 is 38.7 Å². The lowest BCUT2D eigenvalue weighted by atomic mass is 10.00. The number of aromatic nitrogens is 2. The second-order valence-electron chi connectivity index (χ2n) is 4.02. The molecule has 3 nitrogen and oxygen atoms in total. The van der Waals surface area contributed by atoms with Gasteiger partial charge in [0.1, 0.15) is 11.5 Å². The quantitative estimate of drug-likeness (QED) is 0.685. The maximum atomic E-state index is 6.07. The Hall–Kier alpha value is -1.39. The fourth-order valence-electron chi connectivity index (χ4n) is 1.88. The number of hydrogen-bond acceptors (Lipinski definition) is 4. The second-order valence-corrected chi connectivity index (χ2v) is 5.26. The SMILES string of the molecule is C=C(C)/C(=C(/C)NC)c1csc2c(Cl)ncnc12. The molecule has 0 atom stereocenters. The minimum atomic E-state index is 0.499. The zero-order valence-corrected chi connectivity index (χ0v) is 12.1. The van der Waals surface area contributed by atoms with Crippen LogP contribution in [-0.2, 0) is 0 Å². The predicted molar refractivity (Wildman–Crippen MR) is 78.9 cm³/mol. The Bertz CT molecular complexity index is 643. The fourth-order valence-corrected chi connectivity index (χ4v) is 3.03. The molecule has 2 heterocycles. The van der Waals surface area contributed by atoms with E-state index in [1.807, 2.05) is 20.9 Å². The van der Waals surface area contributed by atoms with Gasteiger partial charge in [0.2, 0.25) is 0 Å². The Labute approximate surface area is 115 Å². The van der Waals surface area contributed by atoms with E-state index in [1.165, 1.54) is 6.33 Å². The van der Waals surface area contributed by atoms with Crippen molar-refractivity contribution in [2.75, 3.05) is 7.05 Å². The molecule has 1 N–H and O–H groups in total. The maximum Gasteiger partial charge on any atom is 0.150 e. The van der Waals surface area contributed by atoms with Gasteiger partial charge in [0.15, 0.2) is 0 Å². The highest BCUT2D eigenvalue weighted by molar-refractivity contribution is 7.18. The van der Waals surface area contributed by atoms with Crippen LogP contribution in [0.25, 0.3) is 15.8 Å². The molecule has 0 aliphatic carbocycles. The van der Waals surface area contributed by atoms with Crippen molar-refractivity contribution in [1.82, 2.24) is 15.3 Å². The van der Waals surface area contributed by atoms with Crippen LogP contribution in [0.2, 0.25) is 5.15 Å². The van der Waals surface area contributed by atoms with Crippen LogP contribution in [0, 0.1) is 0 Å². The Morgan fingerprint density at radius 1 is 1.39 bits per heavy atom. The zero-order valence-electron chi connectivity index (χ0n) is 10.5. The molecular weight excluding hydrogens is 266 g/mol. The first-order valence-corrected chi connectivity index (χ1v) is 6.74. The molecule has 0 radical (unpaired) electrons. The van der Waals surface area contributed by atoms with Gasteiger partial charge in [-0.3, -0.25) is 0 Å². The van der Waals surface area contributed by atoms with E-state index in [1.54, 1.807) is 11.3 Å². The topological polar surface area (TPSA) is 37.8 Å². The predicted octanol–water partition coefficient (Wildman–Crippen LogP) is 3.87. The average Bonchev–Trinajstić information content (AvgIpc) is 2.74. The first-order valence-electron chi connectivity index (χ1n) is 5.48. The summed E-state index contributed by atoms with van der Waals surface area (Å²) in [6.07, 6.45) is 1.49. The van der Waals surface area contributed by atoms with Gasteiger partial charge < -0.3 is 5.32 Å². The summed E-state index contributed by atoms with van der Waals surface area (Å²) in [6.45, 7) is 8.05. The van der Waals surface area contributed by atoms with Gasteiger partial charge in [-0.25, -0.2) is 9.97 Å². The maximum absolute atomic E-state index is 6.07. The van der Waals surface area contributed by atoms with Crippen LogP contribution in [-0.4, -0.2) is 17.0 Å². The van der Waals surface area contributed by atoms with Crippen LogP contribution >= 0.6 is 22.9 Å². The summed E-state index contributed by atoms with van der Waals surface area (Å²) in [5.74, 6) is 0. The van der Waals surface area contributed by atoms with Crippen LogP contribution in [0.3, 0.4) is 0 Å². The first kappa shape index (κ1) is 13.1. The van der Waals surface area contributed by atoms with Crippen molar-refractivity contribution < 1.29 is 0 Å². The van der Waals surface area contributed by atoms with Gasteiger partial charge in [-0.2, -0.15) is 0 Å². The van der Waals surface area contributed by atoms with E-state index in [2.05, 4.69) is 27.2 Å². The van der Waals surface area contributed by atoms with Crippen molar-refractivity contribution in [3.8, 4) is 0 Å². The first-order chi connectivity index (χ1) is 8.56. The van der Waals surface area contributed by atoms with E-state index >= 15 is 0 Å². The molecule has 0 fully saturated rings. The smallest absolute Gasteiger partial charge is 0.150 e.